The van der Waals surface area contributed by atoms with Gasteiger partial charge in [-0.05, 0) is 36.4 Å². The molecule has 8 heteroatoms. The standard InChI is InChI=1S/C19H14FN5O2/c1-27-16-10-15(24-25-16)22-18-13-4-2-3-5-14(13)21-19(23-18)17(26)11-6-8-12(20)9-7-11/h2-10H,1H3,(H2,21,22,23,24,25). The number of aromatic amines is 1. The van der Waals surface area contributed by atoms with Gasteiger partial charge in [-0.3, -0.25) is 9.89 Å². The van der Waals surface area contributed by atoms with E-state index in [2.05, 4.69) is 25.5 Å². The molecule has 0 atom stereocenters. The molecule has 0 radical (unpaired) electrons. The molecule has 0 bridgehead atoms. The smallest absolute Gasteiger partial charge is 0.234 e. The van der Waals surface area contributed by atoms with Crippen molar-refractivity contribution in [3.63, 3.8) is 0 Å². The molecule has 7 nitrogen and oxygen atoms in total. The number of para-hydroxylation sites is 1. The van der Waals surface area contributed by atoms with Crippen LogP contribution >= 0.6 is 0 Å². The van der Waals surface area contributed by atoms with Crippen LogP contribution in [0.5, 0.6) is 5.88 Å². The molecule has 27 heavy (non-hydrogen) atoms. The van der Waals surface area contributed by atoms with Crippen molar-refractivity contribution in [3.05, 3.63) is 71.8 Å². The average Bonchev–Trinajstić information content (AvgIpc) is 3.15. The van der Waals surface area contributed by atoms with Gasteiger partial charge in [-0.25, -0.2) is 14.4 Å². The van der Waals surface area contributed by atoms with Gasteiger partial charge in [0.25, 0.3) is 0 Å². The Labute approximate surface area is 153 Å². The second kappa shape index (κ2) is 6.83. The minimum Gasteiger partial charge on any atom is -0.480 e. The number of aromatic nitrogens is 4. The zero-order valence-electron chi connectivity index (χ0n) is 14.2. The summed E-state index contributed by atoms with van der Waals surface area (Å²) in [5, 5.41) is 10.6. The van der Waals surface area contributed by atoms with Gasteiger partial charge >= 0.3 is 0 Å². The lowest BCUT2D eigenvalue weighted by Gasteiger charge is -2.09. The van der Waals surface area contributed by atoms with E-state index in [1.54, 1.807) is 12.1 Å². The monoisotopic (exact) mass is 363 g/mol. The van der Waals surface area contributed by atoms with Crippen LogP contribution in [0.3, 0.4) is 0 Å². The van der Waals surface area contributed by atoms with Gasteiger partial charge in [0.15, 0.2) is 0 Å². The van der Waals surface area contributed by atoms with Crippen LogP contribution in [0.2, 0.25) is 0 Å². The van der Waals surface area contributed by atoms with Gasteiger partial charge < -0.3 is 10.1 Å². The van der Waals surface area contributed by atoms with Crippen molar-refractivity contribution in [1.82, 2.24) is 20.2 Å². The Morgan fingerprint density at radius 3 is 2.63 bits per heavy atom. The van der Waals surface area contributed by atoms with Gasteiger partial charge in [0, 0.05) is 17.0 Å². The summed E-state index contributed by atoms with van der Waals surface area (Å²) >= 11 is 0. The number of nitrogens with zero attached hydrogens (tertiary/aromatic N) is 3. The number of benzene rings is 2. The quantitative estimate of drug-likeness (QED) is 0.528. The molecule has 0 amide bonds. The highest BCUT2D eigenvalue weighted by Crippen LogP contribution is 2.25. The van der Waals surface area contributed by atoms with Crippen LogP contribution < -0.4 is 10.1 Å². The third-order valence-electron chi connectivity index (χ3n) is 3.93. The summed E-state index contributed by atoms with van der Waals surface area (Å²) in [5.41, 5.74) is 0.910. The summed E-state index contributed by atoms with van der Waals surface area (Å²) in [6.45, 7) is 0. The predicted molar refractivity (Wildman–Crippen MR) is 97.8 cm³/mol. The molecule has 0 saturated heterocycles. The molecule has 0 aliphatic carbocycles. The maximum atomic E-state index is 13.1. The molecule has 134 valence electrons. The number of H-pyrrole nitrogens is 1. The molecule has 0 unspecified atom stereocenters. The van der Waals surface area contributed by atoms with Crippen LogP contribution in [0.25, 0.3) is 10.9 Å². The molecule has 4 rings (SSSR count). The van der Waals surface area contributed by atoms with Gasteiger partial charge in [0.1, 0.15) is 17.5 Å². The largest absolute Gasteiger partial charge is 0.480 e. The van der Waals surface area contributed by atoms with Gasteiger partial charge in [-0.2, -0.15) is 0 Å². The van der Waals surface area contributed by atoms with Crippen LogP contribution in [0.4, 0.5) is 16.0 Å². The summed E-state index contributed by atoms with van der Waals surface area (Å²) in [7, 11) is 1.51. The number of methoxy groups -OCH3 is 1. The van der Waals surface area contributed by atoms with Gasteiger partial charge in [0.2, 0.25) is 17.5 Å². The van der Waals surface area contributed by atoms with Crippen molar-refractivity contribution in [3.8, 4) is 5.88 Å². The number of carbonyl (C=O) groups is 1. The number of carbonyl (C=O) groups excluding carboxylic acids is 1. The Balaban J connectivity index is 1.77. The van der Waals surface area contributed by atoms with Crippen LogP contribution in [0.15, 0.2) is 54.6 Å². The van der Waals surface area contributed by atoms with E-state index in [1.807, 2.05) is 18.2 Å². The Bertz CT molecular complexity index is 1120. The van der Waals surface area contributed by atoms with Gasteiger partial charge in [-0.1, -0.05) is 12.1 Å². The molecule has 2 aromatic heterocycles. The summed E-state index contributed by atoms with van der Waals surface area (Å²) in [6.07, 6.45) is 0. The zero-order valence-corrected chi connectivity index (χ0v) is 14.2. The first-order valence-corrected chi connectivity index (χ1v) is 8.07. The first kappa shape index (κ1) is 16.6. The SMILES string of the molecule is COc1cc(Nc2nc(C(=O)c3ccc(F)cc3)nc3ccccc23)[nH]n1. The molecule has 2 heterocycles. The third-order valence-corrected chi connectivity index (χ3v) is 3.93. The molecule has 0 saturated carbocycles. The highest BCUT2D eigenvalue weighted by molar-refractivity contribution is 6.08. The number of ketones is 1. The molecule has 0 spiro atoms. The summed E-state index contributed by atoms with van der Waals surface area (Å²) in [5.74, 6) is 0.605. The molecule has 2 N–H and O–H groups in total. The fourth-order valence-corrected chi connectivity index (χ4v) is 2.60. The van der Waals surface area contributed by atoms with Crippen molar-refractivity contribution in [2.24, 2.45) is 0 Å². The lowest BCUT2D eigenvalue weighted by molar-refractivity contribution is 0.103. The summed E-state index contributed by atoms with van der Waals surface area (Å²) in [6, 6.07) is 14.2. The number of ether oxygens (including phenoxy) is 1. The number of rotatable bonds is 5. The number of hydrogen-bond donors (Lipinski definition) is 2. The summed E-state index contributed by atoms with van der Waals surface area (Å²) < 4.78 is 18.2. The number of halogens is 1. The molecule has 0 aliphatic rings. The van der Waals surface area contributed by atoms with E-state index in [-0.39, 0.29) is 5.82 Å². The lowest BCUT2D eigenvalue weighted by atomic mass is 10.1. The molecular formula is C19H14FN5O2. The van der Waals surface area contributed by atoms with Gasteiger partial charge in [-0.15, -0.1) is 5.10 Å². The topological polar surface area (TPSA) is 92.8 Å². The van der Waals surface area contributed by atoms with E-state index in [0.29, 0.717) is 28.6 Å². The Kier molecular flexibility index (Phi) is 4.21. The van der Waals surface area contributed by atoms with E-state index in [9.17, 15) is 9.18 Å². The number of hydrogen-bond acceptors (Lipinski definition) is 6. The molecule has 4 aromatic rings. The Hall–Kier alpha value is -3.81. The number of fused-ring (bicyclic) bond motifs is 1. The van der Waals surface area contributed by atoms with Crippen LogP contribution in [-0.4, -0.2) is 33.1 Å². The van der Waals surface area contributed by atoms with Crippen LogP contribution in [0.1, 0.15) is 16.2 Å². The first-order chi connectivity index (χ1) is 13.1. The molecule has 2 aromatic carbocycles. The van der Waals surface area contributed by atoms with Crippen LogP contribution in [-0.2, 0) is 0 Å². The fraction of sp³-hybridized carbons (Fsp3) is 0.0526. The van der Waals surface area contributed by atoms with Crippen LogP contribution in [0, 0.1) is 5.82 Å². The minimum atomic E-state index is -0.415. The normalized spacial score (nSPS) is 10.7. The van der Waals surface area contributed by atoms with E-state index in [4.69, 9.17) is 4.74 Å². The molecule has 0 aliphatic heterocycles. The zero-order chi connectivity index (χ0) is 18.8. The number of anilines is 2. The van der Waals surface area contributed by atoms with Gasteiger partial charge in [0.05, 0.1) is 12.6 Å². The second-order valence-electron chi connectivity index (χ2n) is 5.70. The fourth-order valence-electron chi connectivity index (χ4n) is 2.60. The van der Waals surface area contributed by atoms with Crippen molar-refractivity contribution in [1.29, 1.82) is 0 Å². The van der Waals surface area contributed by atoms with E-state index in [1.165, 1.54) is 31.4 Å². The highest BCUT2D eigenvalue weighted by atomic mass is 19.1. The Morgan fingerprint density at radius 2 is 1.89 bits per heavy atom. The summed E-state index contributed by atoms with van der Waals surface area (Å²) in [4.78, 5) is 21.5. The maximum absolute atomic E-state index is 13.1. The third kappa shape index (κ3) is 3.32. The molecular weight excluding hydrogens is 349 g/mol. The van der Waals surface area contributed by atoms with Crippen molar-refractivity contribution >= 4 is 28.3 Å². The lowest BCUT2D eigenvalue weighted by Crippen LogP contribution is -2.09. The Morgan fingerprint density at radius 1 is 1.11 bits per heavy atom. The predicted octanol–water partition coefficient (Wildman–Crippen LogP) is 3.48. The first-order valence-electron chi connectivity index (χ1n) is 8.07. The maximum Gasteiger partial charge on any atom is 0.234 e. The highest BCUT2D eigenvalue weighted by Gasteiger charge is 2.16. The minimum absolute atomic E-state index is 0.00860. The number of nitrogens with one attached hydrogen (secondary N) is 2. The second-order valence-corrected chi connectivity index (χ2v) is 5.70. The average molecular weight is 363 g/mol. The van der Waals surface area contributed by atoms with Crippen molar-refractivity contribution in [2.75, 3.05) is 12.4 Å². The molecule has 0 fully saturated rings. The van der Waals surface area contributed by atoms with E-state index >= 15 is 0 Å². The van der Waals surface area contributed by atoms with Crippen molar-refractivity contribution in [2.45, 2.75) is 0 Å². The van der Waals surface area contributed by atoms with E-state index < -0.39 is 11.6 Å². The van der Waals surface area contributed by atoms with Crippen molar-refractivity contribution < 1.29 is 13.9 Å². The van der Waals surface area contributed by atoms with E-state index in [0.717, 1.165) is 5.39 Å².